The zero-order valence-electron chi connectivity index (χ0n) is 8.21. The van der Waals surface area contributed by atoms with Gasteiger partial charge >= 0.3 is 0 Å². The number of benzene rings is 1. The van der Waals surface area contributed by atoms with Crippen LogP contribution in [0.1, 0.15) is 18.4 Å². The first-order valence-electron chi connectivity index (χ1n) is 5.17. The van der Waals surface area contributed by atoms with Crippen LogP contribution in [0.15, 0.2) is 24.3 Å². The van der Waals surface area contributed by atoms with E-state index in [1.54, 1.807) is 0 Å². The summed E-state index contributed by atoms with van der Waals surface area (Å²) in [4.78, 5) is 0. The Bertz CT molecular complexity index is 294. The summed E-state index contributed by atoms with van der Waals surface area (Å²) in [6.07, 6.45) is 3.74. The van der Waals surface area contributed by atoms with Crippen molar-refractivity contribution in [2.24, 2.45) is 5.92 Å². The van der Waals surface area contributed by atoms with Gasteiger partial charge in [-0.15, -0.1) is 0 Å². The third kappa shape index (κ3) is 2.74. The molecule has 14 heavy (non-hydrogen) atoms. The number of aryl methyl sites for hydroxylation is 1. The molecule has 0 heterocycles. The normalized spacial score (nSPS) is 15.5. The van der Waals surface area contributed by atoms with Crippen molar-refractivity contribution in [2.45, 2.75) is 19.3 Å². The Balaban J connectivity index is 1.97. The van der Waals surface area contributed by atoms with Gasteiger partial charge in [0.2, 0.25) is 0 Å². The predicted octanol–water partition coefficient (Wildman–Crippen LogP) is 3.41. The Labute approximate surface area is 93.6 Å². The molecule has 2 heteroatoms. The molecule has 0 unspecified atom stereocenters. The van der Waals surface area contributed by atoms with Gasteiger partial charge in [0.1, 0.15) is 5.75 Å². The van der Waals surface area contributed by atoms with Gasteiger partial charge in [-0.25, -0.2) is 0 Å². The summed E-state index contributed by atoms with van der Waals surface area (Å²) in [7, 11) is 0. The van der Waals surface area contributed by atoms with Gasteiger partial charge in [0.25, 0.3) is 0 Å². The Kier molecular flexibility index (Phi) is 3.46. The summed E-state index contributed by atoms with van der Waals surface area (Å²) in [5.41, 5.74) is 1.31. The third-order valence-electron chi connectivity index (χ3n) is 2.51. The van der Waals surface area contributed by atoms with E-state index in [9.17, 15) is 0 Å². The van der Waals surface area contributed by atoms with Gasteiger partial charge in [-0.3, -0.25) is 0 Å². The quantitative estimate of drug-likeness (QED) is 0.732. The number of hydrogen-bond donors (Lipinski definition) is 0. The van der Waals surface area contributed by atoms with E-state index in [2.05, 4.69) is 34.1 Å². The van der Waals surface area contributed by atoms with E-state index < -0.39 is 0 Å². The van der Waals surface area contributed by atoms with Gasteiger partial charge in [0, 0.05) is 5.33 Å². The highest BCUT2D eigenvalue weighted by atomic mass is 79.9. The van der Waals surface area contributed by atoms with Gasteiger partial charge in [-0.1, -0.05) is 34.1 Å². The number of hydrogen-bond acceptors (Lipinski definition) is 1. The standard InChI is InChI=1S/C12H15BrO/c13-8-7-11-3-1-2-4-12(11)14-9-10-5-6-10/h1-4,10H,5-9H2. The van der Waals surface area contributed by atoms with E-state index in [1.165, 1.54) is 18.4 Å². The molecule has 1 saturated carbocycles. The van der Waals surface area contributed by atoms with Crippen LogP contribution < -0.4 is 4.74 Å². The molecule has 0 bridgehead atoms. The molecule has 0 N–H and O–H groups in total. The minimum absolute atomic E-state index is 0.826. The molecule has 0 aromatic heterocycles. The maximum Gasteiger partial charge on any atom is 0.122 e. The largest absolute Gasteiger partial charge is 0.493 e. The molecule has 1 aromatic rings. The van der Waals surface area contributed by atoms with E-state index in [4.69, 9.17) is 4.74 Å². The van der Waals surface area contributed by atoms with Gasteiger partial charge in [-0.05, 0) is 36.8 Å². The fourth-order valence-electron chi connectivity index (χ4n) is 1.45. The summed E-state index contributed by atoms with van der Waals surface area (Å²) in [5, 5.41) is 0.997. The number of rotatable bonds is 5. The van der Waals surface area contributed by atoms with Gasteiger partial charge in [0.05, 0.1) is 6.61 Å². The first kappa shape index (κ1) is 10.0. The highest BCUT2D eigenvalue weighted by Crippen LogP contribution is 2.30. The highest BCUT2D eigenvalue weighted by molar-refractivity contribution is 9.09. The maximum atomic E-state index is 5.79. The Morgan fingerprint density at radius 2 is 2.07 bits per heavy atom. The Morgan fingerprint density at radius 3 is 2.79 bits per heavy atom. The maximum absolute atomic E-state index is 5.79. The zero-order valence-corrected chi connectivity index (χ0v) is 9.79. The monoisotopic (exact) mass is 254 g/mol. The number of para-hydroxylation sites is 1. The highest BCUT2D eigenvalue weighted by Gasteiger charge is 2.22. The van der Waals surface area contributed by atoms with Crippen molar-refractivity contribution >= 4 is 15.9 Å². The molecule has 0 saturated heterocycles. The van der Waals surface area contributed by atoms with Crippen LogP contribution in [0.4, 0.5) is 0 Å². The Hall–Kier alpha value is -0.500. The topological polar surface area (TPSA) is 9.23 Å². The molecule has 1 nitrogen and oxygen atoms in total. The first-order chi connectivity index (χ1) is 6.90. The molecule has 2 rings (SSSR count). The molecule has 1 aliphatic rings. The third-order valence-corrected chi connectivity index (χ3v) is 2.90. The summed E-state index contributed by atoms with van der Waals surface area (Å²) < 4.78 is 5.79. The summed E-state index contributed by atoms with van der Waals surface area (Å²) >= 11 is 3.46. The SMILES string of the molecule is BrCCc1ccccc1OCC1CC1. The lowest BCUT2D eigenvalue weighted by atomic mass is 10.1. The number of ether oxygens (including phenoxy) is 1. The van der Waals surface area contributed by atoms with Gasteiger partial charge in [-0.2, -0.15) is 0 Å². The average Bonchev–Trinajstić information content (AvgIpc) is 3.01. The smallest absolute Gasteiger partial charge is 0.122 e. The second kappa shape index (κ2) is 4.83. The lowest BCUT2D eigenvalue weighted by Crippen LogP contribution is -2.01. The molecule has 1 fully saturated rings. The summed E-state index contributed by atoms with van der Waals surface area (Å²) in [6, 6.07) is 8.33. The van der Waals surface area contributed by atoms with Crippen molar-refractivity contribution in [3.8, 4) is 5.75 Å². The predicted molar refractivity (Wildman–Crippen MR) is 62.2 cm³/mol. The lowest BCUT2D eigenvalue weighted by molar-refractivity contribution is 0.297. The molecule has 0 amide bonds. The van der Waals surface area contributed by atoms with E-state index in [0.717, 1.165) is 30.0 Å². The molecule has 1 aliphatic carbocycles. The summed E-state index contributed by atoms with van der Waals surface area (Å²) in [5.74, 6) is 1.89. The van der Waals surface area contributed by atoms with Crippen molar-refractivity contribution in [1.29, 1.82) is 0 Å². The van der Waals surface area contributed by atoms with Crippen molar-refractivity contribution in [1.82, 2.24) is 0 Å². The molecule has 0 atom stereocenters. The van der Waals surface area contributed by atoms with Crippen molar-refractivity contribution in [3.05, 3.63) is 29.8 Å². The second-order valence-corrected chi connectivity index (χ2v) is 4.59. The minimum Gasteiger partial charge on any atom is -0.493 e. The summed E-state index contributed by atoms with van der Waals surface area (Å²) in [6.45, 7) is 0.902. The van der Waals surface area contributed by atoms with E-state index in [0.29, 0.717) is 0 Å². The van der Waals surface area contributed by atoms with Crippen LogP contribution in [0.5, 0.6) is 5.75 Å². The molecule has 1 aromatic carbocycles. The van der Waals surface area contributed by atoms with Crippen LogP contribution in [0, 0.1) is 5.92 Å². The van der Waals surface area contributed by atoms with Crippen LogP contribution in [-0.2, 0) is 6.42 Å². The van der Waals surface area contributed by atoms with Crippen LogP contribution in [0.25, 0.3) is 0 Å². The molecular weight excluding hydrogens is 240 g/mol. The van der Waals surface area contributed by atoms with Crippen LogP contribution in [0.3, 0.4) is 0 Å². The van der Waals surface area contributed by atoms with E-state index >= 15 is 0 Å². The zero-order chi connectivity index (χ0) is 9.80. The van der Waals surface area contributed by atoms with E-state index in [1.807, 2.05) is 6.07 Å². The molecule has 0 aliphatic heterocycles. The van der Waals surface area contributed by atoms with Crippen molar-refractivity contribution in [3.63, 3.8) is 0 Å². The second-order valence-electron chi connectivity index (χ2n) is 3.80. The van der Waals surface area contributed by atoms with Crippen LogP contribution in [0.2, 0.25) is 0 Å². The first-order valence-corrected chi connectivity index (χ1v) is 6.29. The molecule has 0 spiro atoms. The number of alkyl halides is 1. The van der Waals surface area contributed by atoms with Gasteiger partial charge in [0.15, 0.2) is 0 Å². The lowest BCUT2D eigenvalue weighted by Gasteiger charge is -2.09. The molecular formula is C12H15BrO. The van der Waals surface area contributed by atoms with Crippen molar-refractivity contribution in [2.75, 3.05) is 11.9 Å². The number of halogens is 1. The molecule has 0 radical (unpaired) electrons. The molecule has 76 valence electrons. The van der Waals surface area contributed by atoms with Gasteiger partial charge < -0.3 is 4.74 Å². The minimum atomic E-state index is 0.826. The van der Waals surface area contributed by atoms with E-state index in [-0.39, 0.29) is 0 Å². The Morgan fingerprint density at radius 1 is 1.29 bits per heavy atom. The van der Waals surface area contributed by atoms with Crippen LogP contribution in [-0.4, -0.2) is 11.9 Å². The average molecular weight is 255 g/mol. The van der Waals surface area contributed by atoms with Crippen molar-refractivity contribution < 1.29 is 4.74 Å². The fraction of sp³-hybridized carbons (Fsp3) is 0.500. The fourth-order valence-corrected chi connectivity index (χ4v) is 1.87. The van der Waals surface area contributed by atoms with Crippen LogP contribution >= 0.6 is 15.9 Å².